The third-order valence-corrected chi connectivity index (χ3v) is 3.81. The molecule has 6 heteroatoms. The van der Waals surface area contributed by atoms with Crippen LogP contribution in [0.3, 0.4) is 0 Å². The van der Waals surface area contributed by atoms with Gasteiger partial charge in [0.2, 0.25) is 0 Å². The maximum Gasteiger partial charge on any atom is 0.410 e. The number of likely N-dealkylation sites (tertiary alicyclic amines) is 1. The number of rotatable bonds is 3. The zero-order valence-corrected chi connectivity index (χ0v) is 11.8. The number of piperidine rings is 1. The molecule has 1 saturated heterocycles. The van der Waals surface area contributed by atoms with Gasteiger partial charge in [-0.05, 0) is 12.5 Å². The van der Waals surface area contributed by atoms with Crippen molar-refractivity contribution in [3.63, 3.8) is 0 Å². The van der Waals surface area contributed by atoms with E-state index in [9.17, 15) is 18.7 Å². The second kappa shape index (κ2) is 6.39. The summed E-state index contributed by atoms with van der Waals surface area (Å²) in [7, 11) is 0. The minimum atomic E-state index is -2.99. The van der Waals surface area contributed by atoms with Gasteiger partial charge in [-0.1, -0.05) is 30.3 Å². The molecule has 4 nitrogen and oxygen atoms in total. The number of alkyl halides is 2. The number of hydrogen-bond donors (Lipinski definition) is 1. The summed E-state index contributed by atoms with van der Waals surface area (Å²) in [5.41, 5.74) is 0.793. The molecule has 1 fully saturated rings. The van der Waals surface area contributed by atoms with Crippen LogP contribution in [0.5, 0.6) is 0 Å². The van der Waals surface area contributed by atoms with E-state index < -0.39 is 36.9 Å². The van der Waals surface area contributed by atoms with Gasteiger partial charge >= 0.3 is 6.09 Å². The lowest BCUT2D eigenvalue weighted by molar-refractivity contribution is -0.106. The van der Waals surface area contributed by atoms with Crippen LogP contribution in [0.15, 0.2) is 30.3 Å². The lowest BCUT2D eigenvalue weighted by Gasteiger charge is -2.41. The SMILES string of the molecule is CC1C(CO)CC(F)(F)CN1C(=O)OCc1ccccc1. The molecule has 0 aliphatic carbocycles. The number of ether oxygens (including phenoxy) is 1. The highest BCUT2D eigenvalue weighted by Crippen LogP contribution is 2.34. The van der Waals surface area contributed by atoms with Gasteiger partial charge in [0.1, 0.15) is 6.61 Å². The number of aliphatic hydroxyl groups excluding tert-OH is 1. The van der Waals surface area contributed by atoms with Gasteiger partial charge in [0.15, 0.2) is 0 Å². The normalized spacial score (nSPS) is 24.7. The molecule has 116 valence electrons. The summed E-state index contributed by atoms with van der Waals surface area (Å²) in [6.45, 7) is 0.648. The van der Waals surface area contributed by atoms with E-state index in [4.69, 9.17) is 4.74 Å². The van der Waals surface area contributed by atoms with Gasteiger partial charge < -0.3 is 9.84 Å². The molecule has 1 aromatic carbocycles. The Kier molecular flexibility index (Phi) is 4.77. The first-order valence-electron chi connectivity index (χ1n) is 6.89. The van der Waals surface area contributed by atoms with E-state index in [0.717, 1.165) is 10.5 Å². The molecule has 21 heavy (non-hydrogen) atoms. The highest BCUT2D eigenvalue weighted by Gasteiger charge is 2.46. The van der Waals surface area contributed by atoms with Crippen LogP contribution in [0.1, 0.15) is 18.9 Å². The van der Waals surface area contributed by atoms with Gasteiger partial charge in [0, 0.05) is 25.0 Å². The van der Waals surface area contributed by atoms with Crippen molar-refractivity contribution in [2.45, 2.75) is 31.9 Å². The summed E-state index contributed by atoms with van der Waals surface area (Å²) in [6.07, 6.45) is -1.18. The van der Waals surface area contributed by atoms with Crippen LogP contribution in [0.4, 0.5) is 13.6 Å². The summed E-state index contributed by atoms with van der Waals surface area (Å²) in [5.74, 6) is -3.64. The molecule has 1 heterocycles. The third kappa shape index (κ3) is 3.91. The molecule has 0 bridgehead atoms. The maximum absolute atomic E-state index is 13.6. The standard InChI is InChI=1S/C15H19F2NO3/c1-11-13(8-19)7-15(16,17)10-18(11)14(20)21-9-12-5-3-2-4-6-12/h2-6,11,13,19H,7-10H2,1H3. The fourth-order valence-corrected chi connectivity index (χ4v) is 2.52. The Morgan fingerprint density at radius 1 is 1.43 bits per heavy atom. The zero-order chi connectivity index (χ0) is 15.5. The Hall–Kier alpha value is -1.69. The van der Waals surface area contributed by atoms with Crippen molar-refractivity contribution >= 4 is 6.09 Å². The molecule has 0 spiro atoms. The van der Waals surface area contributed by atoms with Crippen molar-refractivity contribution in [3.05, 3.63) is 35.9 Å². The quantitative estimate of drug-likeness (QED) is 0.933. The molecule has 1 aliphatic rings. The molecular formula is C15H19F2NO3. The number of nitrogens with zero attached hydrogens (tertiary/aromatic N) is 1. The van der Waals surface area contributed by atoms with Crippen molar-refractivity contribution in [1.29, 1.82) is 0 Å². The number of aliphatic hydroxyl groups is 1. The molecule has 0 saturated carbocycles. The predicted octanol–water partition coefficient (Wildman–Crippen LogP) is 2.66. The van der Waals surface area contributed by atoms with Gasteiger partial charge in [0.25, 0.3) is 5.92 Å². The molecule has 0 radical (unpaired) electrons. The van der Waals surface area contributed by atoms with Crippen molar-refractivity contribution in [2.24, 2.45) is 5.92 Å². The van der Waals surface area contributed by atoms with Crippen molar-refractivity contribution in [2.75, 3.05) is 13.2 Å². The van der Waals surface area contributed by atoms with Gasteiger partial charge in [-0.25, -0.2) is 13.6 Å². The van der Waals surface area contributed by atoms with Crippen LogP contribution in [0, 0.1) is 5.92 Å². The molecule has 1 N–H and O–H groups in total. The Balaban J connectivity index is 1.99. The Morgan fingerprint density at radius 2 is 2.10 bits per heavy atom. The summed E-state index contributed by atoms with van der Waals surface area (Å²) in [6, 6.07) is 8.56. The number of halogens is 2. The maximum atomic E-state index is 13.6. The smallest absolute Gasteiger partial charge is 0.410 e. The molecule has 0 aromatic heterocycles. The summed E-state index contributed by atoms with van der Waals surface area (Å²) >= 11 is 0. The third-order valence-electron chi connectivity index (χ3n) is 3.81. The molecule has 2 unspecified atom stereocenters. The van der Waals surface area contributed by atoms with Crippen LogP contribution < -0.4 is 0 Å². The van der Waals surface area contributed by atoms with Gasteiger partial charge in [-0.3, -0.25) is 4.90 Å². The number of amides is 1. The lowest BCUT2D eigenvalue weighted by atomic mass is 9.89. The summed E-state index contributed by atoms with van der Waals surface area (Å²) < 4.78 is 32.4. The van der Waals surface area contributed by atoms with Crippen LogP contribution in [-0.4, -0.2) is 41.2 Å². The molecule has 2 atom stereocenters. The fourth-order valence-electron chi connectivity index (χ4n) is 2.52. The van der Waals surface area contributed by atoms with E-state index in [1.165, 1.54) is 0 Å². The molecule has 1 aromatic rings. The predicted molar refractivity (Wildman–Crippen MR) is 72.9 cm³/mol. The van der Waals surface area contributed by atoms with E-state index in [1.54, 1.807) is 19.1 Å². The van der Waals surface area contributed by atoms with Crippen LogP contribution in [-0.2, 0) is 11.3 Å². The number of carbonyl (C=O) groups is 1. The average Bonchev–Trinajstić information content (AvgIpc) is 2.47. The van der Waals surface area contributed by atoms with Gasteiger partial charge in [0.05, 0.1) is 6.54 Å². The largest absolute Gasteiger partial charge is 0.445 e. The first-order valence-corrected chi connectivity index (χ1v) is 6.89. The number of carbonyl (C=O) groups excluding carboxylic acids is 1. The van der Waals surface area contributed by atoms with Crippen LogP contribution >= 0.6 is 0 Å². The van der Waals surface area contributed by atoms with E-state index >= 15 is 0 Å². The van der Waals surface area contributed by atoms with Crippen LogP contribution in [0.2, 0.25) is 0 Å². The molecular weight excluding hydrogens is 280 g/mol. The molecule has 1 aliphatic heterocycles. The minimum absolute atomic E-state index is 0.0399. The highest BCUT2D eigenvalue weighted by molar-refractivity contribution is 5.68. The second-order valence-electron chi connectivity index (χ2n) is 5.41. The van der Waals surface area contributed by atoms with Gasteiger partial charge in [-0.15, -0.1) is 0 Å². The Morgan fingerprint density at radius 3 is 2.71 bits per heavy atom. The van der Waals surface area contributed by atoms with Crippen molar-refractivity contribution in [3.8, 4) is 0 Å². The van der Waals surface area contributed by atoms with E-state index in [2.05, 4.69) is 0 Å². The summed E-state index contributed by atoms with van der Waals surface area (Å²) in [5, 5.41) is 9.19. The van der Waals surface area contributed by atoms with E-state index in [1.807, 2.05) is 18.2 Å². The topological polar surface area (TPSA) is 49.8 Å². The number of benzene rings is 1. The zero-order valence-electron chi connectivity index (χ0n) is 11.8. The van der Waals surface area contributed by atoms with Crippen molar-refractivity contribution in [1.82, 2.24) is 4.90 Å². The monoisotopic (exact) mass is 299 g/mol. The lowest BCUT2D eigenvalue weighted by Crippen LogP contribution is -2.55. The van der Waals surface area contributed by atoms with Gasteiger partial charge in [-0.2, -0.15) is 0 Å². The number of hydrogen-bond acceptors (Lipinski definition) is 3. The minimum Gasteiger partial charge on any atom is -0.445 e. The van der Waals surface area contributed by atoms with E-state index in [0.29, 0.717) is 0 Å². The average molecular weight is 299 g/mol. The van der Waals surface area contributed by atoms with Crippen molar-refractivity contribution < 1.29 is 23.4 Å². The first kappa shape index (κ1) is 15.7. The molecule has 1 amide bonds. The van der Waals surface area contributed by atoms with E-state index in [-0.39, 0.29) is 13.2 Å². The Bertz CT molecular complexity index is 481. The first-order chi connectivity index (χ1) is 9.93. The Labute approximate surface area is 122 Å². The highest BCUT2D eigenvalue weighted by atomic mass is 19.3. The summed E-state index contributed by atoms with van der Waals surface area (Å²) in [4.78, 5) is 13.0. The molecule has 2 rings (SSSR count). The second-order valence-corrected chi connectivity index (χ2v) is 5.41. The fraction of sp³-hybridized carbons (Fsp3) is 0.533. The van der Waals surface area contributed by atoms with Crippen LogP contribution in [0.25, 0.3) is 0 Å².